The second-order valence-corrected chi connectivity index (χ2v) is 8.40. The van der Waals surface area contributed by atoms with E-state index in [4.69, 9.17) is 26.1 Å². The molecule has 0 spiro atoms. The van der Waals surface area contributed by atoms with Gasteiger partial charge in [0.15, 0.2) is 5.11 Å². The van der Waals surface area contributed by atoms with E-state index in [1.54, 1.807) is 19.4 Å². The normalized spacial score (nSPS) is 17.1. The van der Waals surface area contributed by atoms with Crippen molar-refractivity contribution >= 4 is 28.7 Å². The molecule has 4 aromatic rings. The van der Waals surface area contributed by atoms with Gasteiger partial charge < -0.3 is 24.1 Å². The van der Waals surface area contributed by atoms with E-state index < -0.39 is 4.92 Å². The van der Waals surface area contributed by atoms with E-state index in [0.29, 0.717) is 33.7 Å². The van der Waals surface area contributed by atoms with Gasteiger partial charge in [-0.25, -0.2) is 0 Å². The zero-order valence-corrected chi connectivity index (χ0v) is 20.3. The Morgan fingerprint density at radius 3 is 2.53 bits per heavy atom. The number of ether oxygens (including phenoxy) is 2. The summed E-state index contributed by atoms with van der Waals surface area (Å²) < 4.78 is 17.4. The fourth-order valence-corrected chi connectivity index (χ4v) is 4.72. The van der Waals surface area contributed by atoms with Gasteiger partial charge in [0.05, 0.1) is 48.2 Å². The van der Waals surface area contributed by atoms with Gasteiger partial charge in [0.25, 0.3) is 5.69 Å². The van der Waals surface area contributed by atoms with Gasteiger partial charge in [-0.2, -0.15) is 0 Å². The maximum atomic E-state index is 11.2. The van der Waals surface area contributed by atoms with Crippen molar-refractivity contribution in [2.45, 2.75) is 12.1 Å². The van der Waals surface area contributed by atoms with Crippen molar-refractivity contribution in [3.8, 4) is 22.8 Å². The minimum absolute atomic E-state index is 0.0646. The Bertz CT molecular complexity index is 1420. The van der Waals surface area contributed by atoms with Crippen molar-refractivity contribution < 1.29 is 18.8 Å². The van der Waals surface area contributed by atoms with Crippen molar-refractivity contribution in [1.29, 1.82) is 0 Å². The SMILES string of the molecule is COc1cc([N+](=O)[O-])ccc1-c1ccc([C@@H]2[C@@H](c3ccccn3)NC(=S)N2c2ccccc2OC)o1. The van der Waals surface area contributed by atoms with E-state index >= 15 is 0 Å². The van der Waals surface area contributed by atoms with Crippen LogP contribution in [0.3, 0.4) is 0 Å². The molecule has 9 nitrogen and oxygen atoms in total. The number of methoxy groups -OCH3 is 2. The molecular weight excluding hydrogens is 480 g/mol. The molecule has 0 bridgehead atoms. The molecule has 10 heteroatoms. The van der Waals surface area contributed by atoms with E-state index in [1.165, 1.54) is 19.2 Å². The minimum atomic E-state index is -0.465. The van der Waals surface area contributed by atoms with E-state index in [9.17, 15) is 10.1 Å². The largest absolute Gasteiger partial charge is 0.496 e. The van der Waals surface area contributed by atoms with Crippen LogP contribution in [0.5, 0.6) is 11.5 Å². The Morgan fingerprint density at radius 1 is 1.03 bits per heavy atom. The number of nitro benzene ring substituents is 1. The van der Waals surface area contributed by atoms with Gasteiger partial charge in [0.1, 0.15) is 29.1 Å². The van der Waals surface area contributed by atoms with E-state index in [0.717, 1.165) is 11.4 Å². The molecule has 1 saturated heterocycles. The number of hydrogen-bond donors (Lipinski definition) is 1. The summed E-state index contributed by atoms with van der Waals surface area (Å²) in [6.07, 6.45) is 1.73. The lowest BCUT2D eigenvalue weighted by Gasteiger charge is -2.27. The minimum Gasteiger partial charge on any atom is -0.496 e. The van der Waals surface area contributed by atoms with Crippen LogP contribution in [0.4, 0.5) is 11.4 Å². The van der Waals surface area contributed by atoms with Crippen molar-refractivity contribution in [2.24, 2.45) is 0 Å². The third kappa shape index (κ3) is 4.11. The van der Waals surface area contributed by atoms with Gasteiger partial charge in [-0.1, -0.05) is 18.2 Å². The zero-order chi connectivity index (χ0) is 25.2. The summed E-state index contributed by atoms with van der Waals surface area (Å²) in [6, 6.07) is 20.7. The van der Waals surface area contributed by atoms with Crippen LogP contribution in [0.1, 0.15) is 23.5 Å². The predicted octanol–water partition coefficient (Wildman–Crippen LogP) is 5.44. The highest BCUT2D eigenvalue weighted by Gasteiger charge is 2.43. The first-order chi connectivity index (χ1) is 17.5. The molecule has 0 radical (unpaired) electrons. The van der Waals surface area contributed by atoms with Crippen LogP contribution in [-0.2, 0) is 0 Å². The molecule has 182 valence electrons. The Balaban J connectivity index is 1.62. The molecule has 3 heterocycles. The van der Waals surface area contributed by atoms with Crippen molar-refractivity contribution in [3.05, 3.63) is 101 Å². The Morgan fingerprint density at radius 2 is 1.81 bits per heavy atom. The molecule has 1 aliphatic rings. The number of benzene rings is 2. The number of nitrogens with one attached hydrogen (secondary N) is 1. The Hall–Kier alpha value is -4.44. The topological polar surface area (TPSA) is 103 Å². The summed E-state index contributed by atoms with van der Waals surface area (Å²) in [5.74, 6) is 2.14. The lowest BCUT2D eigenvalue weighted by atomic mass is 10.0. The molecule has 2 atom stereocenters. The summed E-state index contributed by atoms with van der Waals surface area (Å²) in [7, 11) is 3.08. The molecule has 0 saturated carbocycles. The maximum absolute atomic E-state index is 11.2. The van der Waals surface area contributed by atoms with Crippen LogP contribution in [0, 0.1) is 10.1 Å². The quantitative estimate of drug-likeness (QED) is 0.201. The molecule has 2 aromatic carbocycles. The number of thiocarbonyl (C=S) groups is 1. The molecule has 5 rings (SSSR count). The van der Waals surface area contributed by atoms with Crippen LogP contribution in [0.25, 0.3) is 11.3 Å². The summed E-state index contributed by atoms with van der Waals surface area (Å²) in [5, 5.41) is 15.1. The number of pyridine rings is 1. The van der Waals surface area contributed by atoms with Crippen molar-refractivity contribution in [1.82, 2.24) is 10.3 Å². The number of para-hydroxylation sites is 2. The molecular formula is C26H22N4O5S. The summed E-state index contributed by atoms with van der Waals surface area (Å²) in [4.78, 5) is 17.3. The summed E-state index contributed by atoms with van der Waals surface area (Å²) in [5.41, 5.74) is 2.12. The molecule has 1 N–H and O–H groups in total. The van der Waals surface area contributed by atoms with Gasteiger partial charge >= 0.3 is 0 Å². The van der Waals surface area contributed by atoms with E-state index in [1.807, 2.05) is 59.5 Å². The number of nitro groups is 1. The smallest absolute Gasteiger partial charge is 0.273 e. The highest BCUT2D eigenvalue weighted by atomic mass is 32.1. The lowest BCUT2D eigenvalue weighted by molar-refractivity contribution is -0.384. The molecule has 36 heavy (non-hydrogen) atoms. The first-order valence-electron chi connectivity index (χ1n) is 11.1. The van der Waals surface area contributed by atoms with Gasteiger partial charge in [-0.05, 0) is 54.7 Å². The number of hydrogen-bond acceptors (Lipinski definition) is 7. The second-order valence-electron chi connectivity index (χ2n) is 8.01. The fourth-order valence-electron chi connectivity index (χ4n) is 4.39. The summed E-state index contributed by atoms with van der Waals surface area (Å²) >= 11 is 5.77. The van der Waals surface area contributed by atoms with Gasteiger partial charge in [-0.3, -0.25) is 15.1 Å². The van der Waals surface area contributed by atoms with Crippen molar-refractivity contribution in [3.63, 3.8) is 0 Å². The van der Waals surface area contributed by atoms with Crippen LogP contribution in [-0.4, -0.2) is 29.2 Å². The predicted molar refractivity (Wildman–Crippen MR) is 138 cm³/mol. The first-order valence-corrected chi connectivity index (χ1v) is 11.5. The fraction of sp³-hybridized carbons (Fsp3) is 0.154. The molecule has 1 fully saturated rings. The zero-order valence-electron chi connectivity index (χ0n) is 19.5. The second kappa shape index (κ2) is 9.67. The monoisotopic (exact) mass is 502 g/mol. The van der Waals surface area contributed by atoms with E-state index in [-0.39, 0.29) is 17.8 Å². The van der Waals surface area contributed by atoms with Crippen LogP contribution < -0.4 is 19.7 Å². The van der Waals surface area contributed by atoms with Crippen molar-refractivity contribution in [2.75, 3.05) is 19.1 Å². The number of aromatic nitrogens is 1. The Labute approximate surface area is 212 Å². The molecule has 0 unspecified atom stereocenters. The highest BCUT2D eigenvalue weighted by molar-refractivity contribution is 7.80. The third-order valence-electron chi connectivity index (χ3n) is 6.02. The first kappa shape index (κ1) is 23.3. The molecule has 1 aliphatic heterocycles. The molecule has 2 aromatic heterocycles. The number of furan rings is 1. The third-order valence-corrected chi connectivity index (χ3v) is 6.34. The van der Waals surface area contributed by atoms with Gasteiger partial charge in [0.2, 0.25) is 0 Å². The summed E-state index contributed by atoms with van der Waals surface area (Å²) in [6.45, 7) is 0. The molecule has 0 aliphatic carbocycles. The number of anilines is 1. The maximum Gasteiger partial charge on any atom is 0.273 e. The van der Waals surface area contributed by atoms with Crippen LogP contribution in [0.15, 0.2) is 83.4 Å². The number of rotatable bonds is 7. The van der Waals surface area contributed by atoms with Crippen LogP contribution >= 0.6 is 12.2 Å². The average molecular weight is 503 g/mol. The number of nitrogens with zero attached hydrogens (tertiary/aromatic N) is 3. The lowest BCUT2D eigenvalue weighted by Crippen LogP contribution is -2.29. The molecule has 0 amide bonds. The Kier molecular flexibility index (Phi) is 6.26. The average Bonchev–Trinajstić information content (AvgIpc) is 3.53. The van der Waals surface area contributed by atoms with Gasteiger partial charge in [-0.15, -0.1) is 0 Å². The standard InChI is InChI=1S/C26H22N4O5S/c1-33-21-9-4-3-8-19(21)29-25(24(28-26(29)36)18-7-5-6-14-27-18)22-13-12-20(35-22)17-11-10-16(30(31)32)15-23(17)34-2/h3-15,24-25H,1-2H3,(H,28,36)/t24-,25-/m1/s1. The number of non-ortho nitro benzene ring substituents is 1. The van der Waals surface area contributed by atoms with Crippen LogP contribution in [0.2, 0.25) is 0 Å². The highest BCUT2D eigenvalue weighted by Crippen LogP contribution is 2.46. The van der Waals surface area contributed by atoms with E-state index in [2.05, 4.69) is 10.3 Å². The van der Waals surface area contributed by atoms with Gasteiger partial charge in [0, 0.05) is 12.3 Å².